The van der Waals surface area contributed by atoms with Gasteiger partial charge < -0.3 is 28.6 Å². The first-order valence-electron chi connectivity index (χ1n) is 14.1. The number of hydrogen-bond donors (Lipinski definition) is 0. The van der Waals surface area contributed by atoms with E-state index in [1.807, 2.05) is 43.9 Å². The maximum Gasteiger partial charge on any atom is 0.410 e. The number of fused-ring (bicyclic) bond motifs is 3. The van der Waals surface area contributed by atoms with Gasteiger partial charge in [-0.25, -0.2) is 9.59 Å². The minimum atomic E-state index is -0.502. The fourth-order valence-electron chi connectivity index (χ4n) is 6.04. The van der Waals surface area contributed by atoms with Gasteiger partial charge in [-0.1, -0.05) is 11.6 Å². The monoisotopic (exact) mass is 543 g/mol. The molecule has 0 bridgehead atoms. The number of hydrogen-bond acceptors (Lipinski definition) is 7. The van der Waals surface area contributed by atoms with Crippen LogP contribution >= 0.6 is 0 Å². The number of ether oxygens (including phenoxy) is 5. The average molecular weight is 544 g/mol. The molecule has 8 nitrogen and oxygen atoms in total. The van der Waals surface area contributed by atoms with E-state index in [1.165, 1.54) is 12.7 Å². The third kappa shape index (κ3) is 6.89. The Bertz CT molecular complexity index is 1080. The molecule has 1 aromatic rings. The van der Waals surface area contributed by atoms with Crippen molar-refractivity contribution < 1.29 is 33.3 Å². The first-order valence-corrected chi connectivity index (χ1v) is 14.1. The van der Waals surface area contributed by atoms with E-state index >= 15 is 0 Å². The van der Waals surface area contributed by atoms with Crippen LogP contribution in [-0.4, -0.2) is 61.6 Å². The molecule has 3 atom stereocenters. The largest absolute Gasteiger partial charge is 0.487 e. The van der Waals surface area contributed by atoms with Gasteiger partial charge in [0.25, 0.3) is 0 Å². The van der Waals surface area contributed by atoms with Gasteiger partial charge in [-0.3, -0.25) is 0 Å². The summed E-state index contributed by atoms with van der Waals surface area (Å²) in [6.45, 7) is 14.0. The topological polar surface area (TPSA) is 83.5 Å². The number of amides is 1. The molecule has 8 heteroatoms. The molecule has 2 saturated heterocycles. The smallest absolute Gasteiger partial charge is 0.410 e. The molecule has 0 N–H and O–H groups in total. The van der Waals surface area contributed by atoms with Crippen molar-refractivity contribution in [1.29, 1.82) is 0 Å². The van der Waals surface area contributed by atoms with Crippen molar-refractivity contribution in [2.45, 2.75) is 91.0 Å². The summed E-state index contributed by atoms with van der Waals surface area (Å²) in [5, 5.41) is 0. The number of allylic oxidation sites excluding steroid dienone is 2. The Morgan fingerprint density at radius 2 is 1.90 bits per heavy atom. The Labute approximate surface area is 232 Å². The molecule has 1 aromatic carbocycles. The molecule has 0 radical (unpaired) electrons. The number of piperidine rings is 1. The molecule has 0 unspecified atom stereocenters. The van der Waals surface area contributed by atoms with Crippen molar-refractivity contribution in [2.24, 2.45) is 11.3 Å². The highest BCUT2D eigenvalue weighted by molar-refractivity contribution is 5.71. The maximum atomic E-state index is 12.7. The third-order valence-electron chi connectivity index (χ3n) is 8.26. The van der Waals surface area contributed by atoms with Gasteiger partial charge in [0, 0.05) is 30.6 Å². The summed E-state index contributed by atoms with van der Waals surface area (Å²) >= 11 is 0. The molecule has 4 rings (SSSR count). The Morgan fingerprint density at radius 1 is 1.18 bits per heavy atom. The molecule has 39 heavy (non-hydrogen) atoms. The predicted octanol–water partition coefficient (Wildman–Crippen LogP) is 6.23. The number of carbonyl (C=O) groups excluding carboxylic acids is 2. The molecule has 2 fully saturated rings. The van der Waals surface area contributed by atoms with E-state index in [2.05, 4.69) is 26.8 Å². The average Bonchev–Trinajstić information content (AvgIpc) is 2.86. The summed E-state index contributed by atoms with van der Waals surface area (Å²) in [7, 11) is 1.34. The SMILES string of the molecule is COC(=O)COc1ccc2c(c1)O[C@@](C)(CCC=C(C)C)[C@H]1CC3(CCN(C(=O)OC(C)(C)C)CC3)CO[C@H]21. The van der Waals surface area contributed by atoms with Gasteiger partial charge in [-0.05, 0) is 91.2 Å². The van der Waals surface area contributed by atoms with Crippen LogP contribution in [0.2, 0.25) is 0 Å². The van der Waals surface area contributed by atoms with Gasteiger partial charge in [0.1, 0.15) is 22.7 Å². The van der Waals surface area contributed by atoms with E-state index in [4.69, 9.17) is 23.7 Å². The summed E-state index contributed by atoms with van der Waals surface area (Å²) in [4.78, 5) is 26.1. The molecule has 0 aromatic heterocycles. The van der Waals surface area contributed by atoms with Crippen molar-refractivity contribution in [3.8, 4) is 11.5 Å². The molecule has 1 amide bonds. The second kappa shape index (κ2) is 11.4. The lowest BCUT2D eigenvalue weighted by Gasteiger charge is -2.55. The molecule has 0 saturated carbocycles. The number of likely N-dealkylation sites (tertiary alicyclic amines) is 1. The standard InChI is InChI=1S/C31H45NO7/c1-21(2)9-8-12-30(6)24-18-31(13-15-32(16-14-31)28(34)39-29(3,4)5)20-37-27(24)23-11-10-22(17-25(23)38-30)36-19-26(33)35-7/h9-11,17,24,27H,8,12-16,18-20H2,1-7H3/t24-,27+,30-/m0/s1. The van der Waals surface area contributed by atoms with Crippen molar-refractivity contribution in [2.75, 3.05) is 33.4 Å². The molecule has 3 aliphatic rings. The zero-order chi connectivity index (χ0) is 28.4. The highest BCUT2D eigenvalue weighted by Gasteiger charge is 2.54. The fourth-order valence-corrected chi connectivity index (χ4v) is 6.04. The van der Waals surface area contributed by atoms with Gasteiger partial charge in [-0.15, -0.1) is 0 Å². The summed E-state index contributed by atoms with van der Waals surface area (Å²) in [6, 6.07) is 5.72. The molecule has 1 spiro atoms. The quantitative estimate of drug-likeness (QED) is 0.311. The van der Waals surface area contributed by atoms with Gasteiger partial charge >= 0.3 is 12.1 Å². The fraction of sp³-hybridized carbons (Fsp3) is 0.677. The van der Waals surface area contributed by atoms with E-state index in [0.717, 1.165) is 43.4 Å². The molecule has 3 heterocycles. The summed E-state index contributed by atoms with van der Waals surface area (Å²) in [6.07, 6.45) is 6.44. The first kappa shape index (κ1) is 29.2. The van der Waals surface area contributed by atoms with Crippen molar-refractivity contribution >= 4 is 12.1 Å². The minimum absolute atomic E-state index is 0.00187. The zero-order valence-electron chi connectivity index (χ0n) is 24.6. The van der Waals surface area contributed by atoms with Gasteiger partial charge in [0.15, 0.2) is 6.61 Å². The molecule has 216 valence electrons. The van der Waals surface area contributed by atoms with E-state index in [1.54, 1.807) is 0 Å². The van der Waals surface area contributed by atoms with E-state index in [-0.39, 0.29) is 30.1 Å². The summed E-state index contributed by atoms with van der Waals surface area (Å²) < 4.78 is 29.5. The number of carbonyl (C=O) groups is 2. The number of benzene rings is 1. The van der Waals surface area contributed by atoms with Crippen LogP contribution in [0.15, 0.2) is 29.8 Å². The molecular formula is C31H45NO7. The van der Waals surface area contributed by atoms with Gasteiger partial charge in [-0.2, -0.15) is 0 Å². The van der Waals surface area contributed by atoms with Crippen molar-refractivity contribution in [1.82, 2.24) is 4.90 Å². The Balaban J connectivity index is 1.54. The van der Waals surface area contributed by atoms with Gasteiger partial charge in [0.05, 0.1) is 19.8 Å². The van der Waals surface area contributed by atoms with Crippen LogP contribution in [-0.2, 0) is 19.0 Å². The van der Waals surface area contributed by atoms with Crippen LogP contribution in [0.5, 0.6) is 11.5 Å². The van der Waals surface area contributed by atoms with Crippen LogP contribution in [0.3, 0.4) is 0 Å². The predicted molar refractivity (Wildman–Crippen MR) is 148 cm³/mol. The number of nitrogens with zero attached hydrogens (tertiary/aromatic N) is 1. The molecule has 3 aliphatic heterocycles. The van der Waals surface area contributed by atoms with Crippen LogP contribution in [0, 0.1) is 11.3 Å². The van der Waals surface area contributed by atoms with Crippen molar-refractivity contribution in [3.63, 3.8) is 0 Å². The lowest BCUT2D eigenvalue weighted by Crippen LogP contribution is -2.56. The van der Waals surface area contributed by atoms with E-state index < -0.39 is 17.2 Å². The first-order chi connectivity index (χ1) is 18.3. The third-order valence-corrected chi connectivity index (χ3v) is 8.26. The van der Waals surface area contributed by atoms with Crippen LogP contribution in [0.4, 0.5) is 4.79 Å². The number of esters is 1. The van der Waals surface area contributed by atoms with Crippen LogP contribution in [0.1, 0.15) is 85.3 Å². The number of rotatable bonds is 6. The van der Waals surface area contributed by atoms with Gasteiger partial charge in [0.2, 0.25) is 0 Å². The summed E-state index contributed by atoms with van der Waals surface area (Å²) in [5.41, 5.74) is 1.36. The molecule has 0 aliphatic carbocycles. The Kier molecular flexibility index (Phi) is 8.55. The minimum Gasteiger partial charge on any atom is -0.487 e. The van der Waals surface area contributed by atoms with Crippen LogP contribution in [0.25, 0.3) is 0 Å². The zero-order valence-corrected chi connectivity index (χ0v) is 24.6. The van der Waals surface area contributed by atoms with E-state index in [9.17, 15) is 9.59 Å². The second-order valence-electron chi connectivity index (χ2n) is 12.8. The number of methoxy groups -OCH3 is 1. The van der Waals surface area contributed by atoms with Crippen molar-refractivity contribution in [3.05, 3.63) is 35.4 Å². The highest BCUT2D eigenvalue weighted by Crippen LogP contribution is 2.57. The lowest BCUT2D eigenvalue weighted by molar-refractivity contribution is -0.179. The van der Waals surface area contributed by atoms with Crippen LogP contribution < -0.4 is 9.47 Å². The molecular weight excluding hydrogens is 498 g/mol. The highest BCUT2D eigenvalue weighted by atomic mass is 16.6. The Morgan fingerprint density at radius 3 is 2.54 bits per heavy atom. The van der Waals surface area contributed by atoms with E-state index in [0.29, 0.717) is 25.4 Å². The maximum absolute atomic E-state index is 12.7. The lowest BCUT2D eigenvalue weighted by atomic mass is 9.63. The Hall–Kier alpha value is -2.74. The summed E-state index contributed by atoms with van der Waals surface area (Å²) in [5.74, 6) is 1.04. The second-order valence-corrected chi connectivity index (χ2v) is 12.8. The normalized spacial score (nSPS) is 25.6.